The van der Waals surface area contributed by atoms with Crippen molar-refractivity contribution in [2.24, 2.45) is 5.92 Å². The van der Waals surface area contributed by atoms with Crippen LogP contribution >= 0.6 is 0 Å². The number of hydrogen-bond acceptors (Lipinski definition) is 4. The summed E-state index contributed by atoms with van der Waals surface area (Å²) >= 11 is 0. The number of hydrogen-bond donors (Lipinski definition) is 1. The van der Waals surface area contributed by atoms with Crippen LogP contribution in [0.4, 0.5) is 18.9 Å². The van der Waals surface area contributed by atoms with Crippen LogP contribution in [-0.4, -0.2) is 38.8 Å². The number of nitrogens with one attached hydrogen (secondary N) is 1. The number of esters is 1. The molecule has 0 bridgehead atoms. The van der Waals surface area contributed by atoms with Gasteiger partial charge in [0, 0.05) is 37.8 Å². The predicted octanol–water partition coefficient (Wildman–Crippen LogP) is 4.20. The van der Waals surface area contributed by atoms with Gasteiger partial charge >= 0.3 is 12.1 Å². The van der Waals surface area contributed by atoms with Gasteiger partial charge in [-0.1, -0.05) is 19.9 Å². The maximum Gasteiger partial charge on any atom is 0.416 e. The van der Waals surface area contributed by atoms with Gasteiger partial charge < -0.3 is 15.0 Å². The summed E-state index contributed by atoms with van der Waals surface area (Å²) in [7, 11) is 0. The molecule has 0 unspecified atom stereocenters. The largest absolute Gasteiger partial charge is 0.466 e. The Bertz CT molecular complexity index is 622. The molecule has 4 nitrogen and oxygen atoms in total. The summed E-state index contributed by atoms with van der Waals surface area (Å²) in [6, 6.07) is 4.04. The van der Waals surface area contributed by atoms with E-state index in [1.165, 1.54) is 12.1 Å². The van der Waals surface area contributed by atoms with E-state index in [4.69, 9.17) is 4.74 Å². The van der Waals surface area contributed by atoms with Crippen LogP contribution in [0.5, 0.6) is 0 Å². The van der Waals surface area contributed by atoms with Gasteiger partial charge in [0.2, 0.25) is 0 Å². The third-order valence-electron chi connectivity index (χ3n) is 5.03. The van der Waals surface area contributed by atoms with Gasteiger partial charge in [0.25, 0.3) is 0 Å². The van der Waals surface area contributed by atoms with Crippen LogP contribution in [0, 0.1) is 5.92 Å². The van der Waals surface area contributed by atoms with E-state index in [2.05, 4.69) is 5.32 Å². The molecule has 2 aliphatic rings. The minimum Gasteiger partial charge on any atom is -0.466 e. The predicted molar refractivity (Wildman–Crippen MR) is 100.0 cm³/mol. The second-order valence-electron chi connectivity index (χ2n) is 6.64. The molecule has 7 heteroatoms. The van der Waals surface area contributed by atoms with Crippen molar-refractivity contribution in [1.29, 1.82) is 0 Å². The van der Waals surface area contributed by atoms with Crippen LogP contribution in [0.15, 0.2) is 18.2 Å². The summed E-state index contributed by atoms with van der Waals surface area (Å²) < 4.78 is 44.4. The van der Waals surface area contributed by atoms with E-state index in [9.17, 15) is 18.0 Å². The Kier molecular flexibility index (Phi) is 7.53. The van der Waals surface area contributed by atoms with Crippen molar-refractivity contribution in [3.63, 3.8) is 0 Å². The molecular formula is C20H29F3N2O2. The van der Waals surface area contributed by atoms with Gasteiger partial charge in [-0.05, 0) is 37.5 Å². The van der Waals surface area contributed by atoms with E-state index < -0.39 is 11.7 Å². The minimum atomic E-state index is -4.35. The molecule has 2 fully saturated rings. The molecule has 0 amide bonds. The first kappa shape index (κ1) is 21.5. The zero-order valence-electron chi connectivity index (χ0n) is 16.2. The van der Waals surface area contributed by atoms with E-state index >= 15 is 0 Å². The first-order valence-electron chi connectivity index (χ1n) is 9.73. The second kappa shape index (κ2) is 9.44. The lowest BCUT2D eigenvalue weighted by atomic mass is 9.89. The van der Waals surface area contributed by atoms with Crippen LogP contribution in [0.2, 0.25) is 0 Å². The number of rotatable bonds is 4. The maximum absolute atomic E-state index is 13.1. The Morgan fingerprint density at radius 1 is 1.22 bits per heavy atom. The molecule has 27 heavy (non-hydrogen) atoms. The van der Waals surface area contributed by atoms with Crippen LogP contribution in [0.25, 0.3) is 0 Å². The summed E-state index contributed by atoms with van der Waals surface area (Å²) in [6.45, 7) is 8.84. The number of ether oxygens (including phenoxy) is 1. The van der Waals surface area contributed by atoms with Gasteiger partial charge in [0.15, 0.2) is 0 Å². The van der Waals surface area contributed by atoms with Crippen molar-refractivity contribution in [2.75, 3.05) is 37.7 Å². The monoisotopic (exact) mass is 386 g/mol. The normalized spacial score (nSPS) is 18.4. The topological polar surface area (TPSA) is 41.6 Å². The Balaban J connectivity index is 0.00000126. The SMILES string of the molecule is CC.CCOC(=O)C1CCN(c2cc(C(F)(F)F)ccc2C2CNC2)CC1. The number of nitrogens with zero attached hydrogens (tertiary/aromatic N) is 1. The molecule has 1 N–H and O–H groups in total. The summed E-state index contributed by atoms with van der Waals surface area (Å²) in [5.74, 6) is -0.106. The van der Waals surface area contributed by atoms with E-state index in [0.717, 1.165) is 18.7 Å². The van der Waals surface area contributed by atoms with Crippen molar-refractivity contribution in [3.8, 4) is 0 Å². The number of anilines is 1. The van der Waals surface area contributed by atoms with Gasteiger partial charge in [-0.25, -0.2) is 0 Å². The molecule has 1 aromatic rings. The third-order valence-corrected chi connectivity index (χ3v) is 5.03. The molecule has 0 radical (unpaired) electrons. The summed E-state index contributed by atoms with van der Waals surface area (Å²) in [4.78, 5) is 13.8. The van der Waals surface area contributed by atoms with Gasteiger partial charge in [-0.15, -0.1) is 0 Å². The maximum atomic E-state index is 13.1. The van der Waals surface area contributed by atoms with Crippen LogP contribution in [0.3, 0.4) is 0 Å². The molecule has 2 saturated heterocycles. The first-order chi connectivity index (χ1) is 12.9. The van der Waals surface area contributed by atoms with Gasteiger partial charge in [-0.2, -0.15) is 13.2 Å². The lowest BCUT2D eigenvalue weighted by molar-refractivity contribution is -0.148. The fourth-order valence-electron chi connectivity index (χ4n) is 3.46. The number of piperidine rings is 1. The van der Waals surface area contributed by atoms with Crippen LogP contribution < -0.4 is 10.2 Å². The van der Waals surface area contributed by atoms with Gasteiger partial charge in [0.05, 0.1) is 18.1 Å². The van der Waals surface area contributed by atoms with Crippen molar-refractivity contribution in [1.82, 2.24) is 5.32 Å². The molecule has 152 valence electrons. The van der Waals surface area contributed by atoms with Crippen molar-refractivity contribution >= 4 is 11.7 Å². The Hall–Kier alpha value is -1.76. The second-order valence-corrected chi connectivity index (χ2v) is 6.64. The zero-order chi connectivity index (χ0) is 20.0. The Labute approximate surface area is 159 Å². The van der Waals surface area contributed by atoms with E-state index in [0.29, 0.717) is 38.2 Å². The van der Waals surface area contributed by atoms with Crippen molar-refractivity contribution < 1.29 is 22.7 Å². The van der Waals surface area contributed by atoms with Crippen molar-refractivity contribution in [2.45, 2.75) is 45.7 Å². The van der Waals surface area contributed by atoms with E-state index in [-0.39, 0.29) is 17.8 Å². The fraction of sp³-hybridized carbons (Fsp3) is 0.650. The average Bonchev–Trinajstić information content (AvgIpc) is 2.62. The average molecular weight is 386 g/mol. The van der Waals surface area contributed by atoms with Gasteiger partial charge in [-0.3, -0.25) is 4.79 Å². The number of carbonyl (C=O) groups excluding carboxylic acids is 1. The molecule has 2 heterocycles. The number of benzene rings is 1. The summed E-state index contributed by atoms with van der Waals surface area (Å²) in [6.07, 6.45) is -3.14. The number of halogens is 3. The first-order valence-corrected chi connectivity index (χ1v) is 9.73. The van der Waals surface area contributed by atoms with Crippen LogP contribution in [0.1, 0.15) is 50.7 Å². The zero-order valence-corrected chi connectivity index (χ0v) is 16.2. The van der Waals surface area contributed by atoms with Gasteiger partial charge in [0.1, 0.15) is 0 Å². The number of carbonyl (C=O) groups is 1. The minimum absolute atomic E-state index is 0.157. The highest BCUT2D eigenvalue weighted by molar-refractivity contribution is 5.73. The smallest absolute Gasteiger partial charge is 0.416 e. The molecule has 2 aliphatic heterocycles. The van der Waals surface area contributed by atoms with Crippen molar-refractivity contribution in [3.05, 3.63) is 29.3 Å². The Morgan fingerprint density at radius 3 is 2.33 bits per heavy atom. The molecule has 0 saturated carbocycles. The quantitative estimate of drug-likeness (QED) is 0.788. The van der Waals surface area contributed by atoms with E-state index in [1.807, 2.05) is 18.7 Å². The molecule has 3 rings (SSSR count). The highest BCUT2D eigenvalue weighted by atomic mass is 19.4. The summed E-state index contributed by atoms with van der Waals surface area (Å²) in [5, 5.41) is 3.17. The Morgan fingerprint density at radius 2 is 1.85 bits per heavy atom. The lowest BCUT2D eigenvalue weighted by Gasteiger charge is -2.37. The third kappa shape index (κ3) is 5.15. The standard InChI is InChI=1S/C18H23F3N2O2.C2H6/c1-2-25-17(24)12-5-7-23(8-6-12)16-9-14(18(19,20)21)3-4-15(16)13-10-22-11-13;1-2/h3-4,9,12-13,22H,2,5-8,10-11H2,1H3;1-2H3. The molecule has 0 aliphatic carbocycles. The molecular weight excluding hydrogens is 357 g/mol. The highest BCUT2D eigenvalue weighted by Crippen LogP contribution is 2.38. The highest BCUT2D eigenvalue weighted by Gasteiger charge is 2.34. The molecule has 0 atom stereocenters. The van der Waals surface area contributed by atoms with E-state index in [1.54, 1.807) is 13.0 Å². The number of alkyl halides is 3. The fourth-order valence-corrected chi connectivity index (χ4v) is 3.46. The molecule has 1 aromatic carbocycles. The van der Waals surface area contributed by atoms with Crippen LogP contribution in [-0.2, 0) is 15.7 Å². The summed E-state index contributed by atoms with van der Waals surface area (Å²) in [5.41, 5.74) is 0.996. The molecule has 0 aromatic heterocycles. The molecule has 0 spiro atoms. The lowest BCUT2D eigenvalue weighted by Crippen LogP contribution is -2.42.